The van der Waals surface area contributed by atoms with Crippen molar-refractivity contribution in [1.29, 1.82) is 0 Å². The SMILES string of the molecule is NS(=O)(=O)c1ccc(CCNc2nccc(NCc3ccccn3)n2)cc1. The van der Waals surface area contributed by atoms with Crippen molar-refractivity contribution in [2.24, 2.45) is 5.14 Å². The average molecular weight is 384 g/mol. The molecule has 0 aliphatic heterocycles. The maximum Gasteiger partial charge on any atom is 0.238 e. The Hall–Kier alpha value is -3.04. The van der Waals surface area contributed by atoms with Gasteiger partial charge < -0.3 is 10.6 Å². The van der Waals surface area contributed by atoms with E-state index in [1.165, 1.54) is 12.1 Å². The Bertz CT molecular complexity index is 978. The van der Waals surface area contributed by atoms with Crippen molar-refractivity contribution in [1.82, 2.24) is 15.0 Å². The van der Waals surface area contributed by atoms with Crippen LogP contribution in [-0.2, 0) is 23.0 Å². The number of aromatic nitrogens is 3. The Balaban J connectivity index is 1.51. The maximum absolute atomic E-state index is 11.3. The van der Waals surface area contributed by atoms with Gasteiger partial charge in [0.25, 0.3) is 0 Å². The number of nitrogens with one attached hydrogen (secondary N) is 2. The van der Waals surface area contributed by atoms with E-state index < -0.39 is 10.0 Å². The summed E-state index contributed by atoms with van der Waals surface area (Å²) < 4.78 is 22.5. The van der Waals surface area contributed by atoms with Crippen LogP contribution in [-0.4, -0.2) is 29.9 Å². The second kappa shape index (κ2) is 8.56. The summed E-state index contributed by atoms with van der Waals surface area (Å²) in [5.41, 5.74) is 1.91. The van der Waals surface area contributed by atoms with Crippen molar-refractivity contribution in [3.63, 3.8) is 0 Å². The molecule has 0 atom stereocenters. The number of nitrogens with two attached hydrogens (primary N) is 1. The number of hydrogen-bond acceptors (Lipinski definition) is 7. The van der Waals surface area contributed by atoms with Gasteiger partial charge in [-0.1, -0.05) is 18.2 Å². The summed E-state index contributed by atoms with van der Waals surface area (Å²) in [6.07, 6.45) is 4.12. The number of pyridine rings is 1. The molecule has 0 saturated carbocycles. The van der Waals surface area contributed by atoms with Gasteiger partial charge in [-0.25, -0.2) is 18.5 Å². The van der Waals surface area contributed by atoms with E-state index in [0.29, 0.717) is 31.3 Å². The summed E-state index contributed by atoms with van der Waals surface area (Å²) in [5.74, 6) is 1.22. The molecule has 4 N–H and O–H groups in total. The molecular formula is C18H20N6O2S. The average Bonchev–Trinajstić information content (AvgIpc) is 2.67. The molecule has 0 radical (unpaired) electrons. The zero-order valence-electron chi connectivity index (χ0n) is 14.5. The lowest BCUT2D eigenvalue weighted by Gasteiger charge is -2.08. The minimum absolute atomic E-state index is 0.106. The Morgan fingerprint density at radius 1 is 0.926 bits per heavy atom. The minimum Gasteiger partial charge on any atom is -0.364 e. The highest BCUT2D eigenvalue weighted by atomic mass is 32.2. The smallest absolute Gasteiger partial charge is 0.238 e. The third kappa shape index (κ3) is 5.73. The van der Waals surface area contributed by atoms with Crippen molar-refractivity contribution in [2.45, 2.75) is 17.9 Å². The molecule has 0 spiro atoms. The van der Waals surface area contributed by atoms with Gasteiger partial charge in [0.2, 0.25) is 16.0 Å². The van der Waals surface area contributed by atoms with E-state index in [1.54, 1.807) is 30.6 Å². The van der Waals surface area contributed by atoms with Crippen LogP contribution in [0.2, 0.25) is 0 Å². The molecule has 0 aliphatic carbocycles. The van der Waals surface area contributed by atoms with E-state index in [2.05, 4.69) is 25.6 Å². The molecule has 2 aromatic heterocycles. The Morgan fingerprint density at radius 2 is 1.74 bits per heavy atom. The fraction of sp³-hybridized carbons (Fsp3) is 0.167. The Labute approximate surface area is 157 Å². The number of primary sulfonamides is 1. The summed E-state index contributed by atoms with van der Waals surface area (Å²) in [5, 5.41) is 11.5. The summed E-state index contributed by atoms with van der Waals surface area (Å²) in [6.45, 7) is 1.19. The van der Waals surface area contributed by atoms with Gasteiger partial charge in [0.05, 0.1) is 17.1 Å². The van der Waals surface area contributed by atoms with Crippen LogP contribution in [0.3, 0.4) is 0 Å². The first-order chi connectivity index (χ1) is 13.0. The molecule has 0 amide bonds. The van der Waals surface area contributed by atoms with E-state index in [9.17, 15) is 8.42 Å². The summed E-state index contributed by atoms with van der Waals surface area (Å²) >= 11 is 0. The normalized spacial score (nSPS) is 11.1. The van der Waals surface area contributed by atoms with Crippen LogP contribution in [0, 0.1) is 0 Å². The van der Waals surface area contributed by atoms with E-state index in [-0.39, 0.29) is 4.90 Å². The van der Waals surface area contributed by atoms with Crippen LogP contribution in [0.4, 0.5) is 11.8 Å². The maximum atomic E-state index is 11.3. The fourth-order valence-corrected chi connectivity index (χ4v) is 2.91. The number of anilines is 2. The topological polar surface area (TPSA) is 123 Å². The predicted molar refractivity (Wildman–Crippen MR) is 104 cm³/mol. The largest absolute Gasteiger partial charge is 0.364 e. The summed E-state index contributed by atoms with van der Waals surface area (Å²) in [6, 6.07) is 14.0. The second-order valence-electron chi connectivity index (χ2n) is 5.81. The molecule has 3 aromatic rings. The van der Waals surface area contributed by atoms with Gasteiger partial charge in [-0.3, -0.25) is 4.98 Å². The lowest BCUT2D eigenvalue weighted by Crippen LogP contribution is -2.12. The molecule has 27 heavy (non-hydrogen) atoms. The van der Waals surface area contributed by atoms with Crippen molar-refractivity contribution >= 4 is 21.8 Å². The van der Waals surface area contributed by atoms with Crippen molar-refractivity contribution < 1.29 is 8.42 Å². The van der Waals surface area contributed by atoms with Crippen LogP contribution in [0.1, 0.15) is 11.3 Å². The van der Waals surface area contributed by atoms with Crippen LogP contribution in [0.5, 0.6) is 0 Å². The first kappa shape index (κ1) is 18.7. The van der Waals surface area contributed by atoms with Crippen molar-refractivity contribution in [2.75, 3.05) is 17.2 Å². The van der Waals surface area contributed by atoms with Gasteiger partial charge in [-0.15, -0.1) is 0 Å². The number of benzene rings is 1. The number of sulfonamides is 1. The van der Waals surface area contributed by atoms with E-state index >= 15 is 0 Å². The number of hydrogen-bond donors (Lipinski definition) is 3. The molecule has 8 nitrogen and oxygen atoms in total. The lowest BCUT2D eigenvalue weighted by molar-refractivity contribution is 0.598. The van der Waals surface area contributed by atoms with Crippen LogP contribution in [0.15, 0.2) is 65.8 Å². The van der Waals surface area contributed by atoms with Crippen molar-refractivity contribution in [3.05, 3.63) is 72.2 Å². The minimum atomic E-state index is -3.66. The molecule has 9 heteroatoms. The third-order valence-electron chi connectivity index (χ3n) is 3.78. The number of nitrogens with zero attached hydrogens (tertiary/aromatic N) is 3. The van der Waals surface area contributed by atoms with E-state index in [4.69, 9.17) is 5.14 Å². The predicted octanol–water partition coefficient (Wildman–Crippen LogP) is 1.79. The molecule has 0 aliphatic rings. The van der Waals surface area contributed by atoms with Gasteiger partial charge >= 0.3 is 0 Å². The highest BCUT2D eigenvalue weighted by Crippen LogP contribution is 2.10. The summed E-state index contributed by atoms with van der Waals surface area (Å²) in [4.78, 5) is 13.0. The Morgan fingerprint density at radius 3 is 2.44 bits per heavy atom. The highest BCUT2D eigenvalue weighted by Gasteiger charge is 2.06. The molecule has 0 saturated heterocycles. The van der Waals surface area contributed by atoms with Gasteiger partial charge in [0.15, 0.2) is 0 Å². The van der Waals surface area contributed by atoms with Crippen LogP contribution < -0.4 is 15.8 Å². The standard InChI is InChI=1S/C18H20N6O2S/c19-27(25,26)16-6-4-14(5-7-16)8-11-21-18-22-12-9-17(24-18)23-13-15-3-1-2-10-20-15/h1-7,9-10,12H,8,11,13H2,(H2,19,25,26)(H2,21,22,23,24). The van der Waals surface area contributed by atoms with Gasteiger partial charge in [-0.05, 0) is 42.3 Å². The van der Waals surface area contributed by atoms with E-state index in [1.807, 2.05) is 18.2 Å². The third-order valence-corrected chi connectivity index (χ3v) is 4.71. The van der Waals surface area contributed by atoms with E-state index in [0.717, 1.165) is 11.3 Å². The second-order valence-corrected chi connectivity index (χ2v) is 7.37. The highest BCUT2D eigenvalue weighted by molar-refractivity contribution is 7.89. The molecule has 0 unspecified atom stereocenters. The van der Waals surface area contributed by atoms with Gasteiger partial charge in [-0.2, -0.15) is 4.98 Å². The summed E-state index contributed by atoms with van der Waals surface area (Å²) in [7, 11) is -3.66. The molecule has 2 heterocycles. The zero-order valence-corrected chi connectivity index (χ0v) is 15.4. The monoisotopic (exact) mass is 384 g/mol. The number of rotatable bonds is 8. The molecular weight excluding hydrogens is 364 g/mol. The van der Waals surface area contributed by atoms with Gasteiger partial charge in [0.1, 0.15) is 5.82 Å². The molecule has 0 bridgehead atoms. The molecule has 140 valence electrons. The lowest BCUT2D eigenvalue weighted by atomic mass is 10.1. The molecule has 0 fully saturated rings. The molecule has 3 rings (SSSR count). The quantitative estimate of drug-likeness (QED) is 0.541. The van der Waals surface area contributed by atoms with Crippen LogP contribution >= 0.6 is 0 Å². The van der Waals surface area contributed by atoms with Crippen LogP contribution in [0.25, 0.3) is 0 Å². The fourth-order valence-electron chi connectivity index (χ4n) is 2.39. The zero-order chi connectivity index (χ0) is 19.1. The van der Waals surface area contributed by atoms with Crippen molar-refractivity contribution in [3.8, 4) is 0 Å². The molecule has 1 aromatic carbocycles. The van der Waals surface area contributed by atoms with Gasteiger partial charge in [0, 0.05) is 18.9 Å². The first-order valence-corrected chi connectivity index (χ1v) is 9.88. The first-order valence-electron chi connectivity index (χ1n) is 8.33. The Kier molecular flexibility index (Phi) is 5.94.